The van der Waals surface area contributed by atoms with E-state index >= 15 is 0 Å². The molecule has 1 aliphatic rings. The normalized spacial score (nSPS) is 18.7. The van der Waals surface area contributed by atoms with Crippen LogP contribution in [0.15, 0.2) is 84.9 Å². The van der Waals surface area contributed by atoms with E-state index in [1.807, 2.05) is 78.9 Å². The Bertz CT molecular complexity index is 1210. The quantitative estimate of drug-likeness (QED) is 0.394. The van der Waals surface area contributed by atoms with E-state index in [-0.39, 0.29) is 23.9 Å². The number of hydrogen-bond donors (Lipinski definition) is 3. The second-order valence-corrected chi connectivity index (χ2v) is 10.6. The van der Waals surface area contributed by atoms with Crippen molar-refractivity contribution < 1.29 is 14.7 Å². The number of anilines is 1. The fraction of sp³-hybridized carbons (Fsp3) is 0.375. The zero-order valence-electron chi connectivity index (χ0n) is 23.3. The number of nitrogens with one attached hydrogen (secondary N) is 2. The molecule has 0 aromatic heterocycles. The van der Waals surface area contributed by atoms with E-state index < -0.39 is 11.5 Å². The molecule has 206 valence electrons. The minimum atomic E-state index is -0.877. The van der Waals surface area contributed by atoms with E-state index in [1.165, 1.54) is 0 Å². The second-order valence-electron chi connectivity index (χ2n) is 10.6. The Kier molecular flexibility index (Phi) is 9.04. The molecule has 3 aromatic carbocycles. The van der Waals surface area contributed by atoms with Crippen molar-refractivity contribution in [2.24, 2.45) is 0 Å². The maximum absolute atomic E-state index is 14.0. The summed E-state index contributed by atoms with van der Waals surface area (Å²) >= 11 is 0. The number of carbonyl (C=O) groups excluding carboxylic acids is 2. The van der Waals surface area contributed by atoms with E-state index in [0.29, 0.717) is 31.5 Å². The molecule has 3 N–H and O–H groups in total. The van der Waals surface area contributed by atoms with Crippen LogP contribution in [0.5, 0.6) is 0 Å². The highest BCUT2D eigenvalue weighted by atomic mass is 16.3. The molecule has 0 radical (unpaired) electrons. The molecule has 3 atom stereocenters. The number of likely N-dealkylation sites (tertiary alicyclic amines) is 1. The van der Waals surface area contributed by atoms with Gasteiger partial charge in [0.15, 0.2) is 0 Å². The van der Waals surface area contributed by atoms with Gasteiger partial charge in [0.1, 0.15) is 5.41 Å². The summed E-state index contributed by atoms with van der Waals surface area (Å²) in [6.45, 7) is 3.24. The highest BCUT2D eigenvalue weighted by Crippen LogP contribution is 2.39. The number of carbonyl (C=O) groups is 2. The van der Waals surface area contributed by atoms with Gasteiger partial charge in [-0.3, -0.25) is 14.5 Å². The number of para-hydroxylation sites is 1. The van der Waals surface area contributed by atoms with Gasteiger partial charge in [0, 0.05) is 46.0 Å². The molecule has 2 amide bonds. The van der Waals surface area contributed by atoms with Crippen LogP contribution < -0.4 is 10.6 Å². The molecule has 0 bridgehead atoms. The van der Waals surface area contributed by atoms with Crippen molar-refractivity contribution in [3.05, 3.63) is 102 Å². The number of aliphatic hydroxyl groups is 1. The number of rotatable bonds is 9. The topological polar surface area (TPSA) is 84.9 Å². The highest BCUT2D eigenvalue weighted by molar-refractivity contribution is 5.99. The van der Waals surface area contributed by atoms with Gasteiger partial charge in [-0.15, -0.1) is 0 Å². The summed E-state index contributed by atoms with van der Waals surface area (Å²) in [6, 6.07) is 26.9. The lowest BCUT2D eigenvalue weighted by Gasteiger charge is -2.44. The van der Waals surface area contributed by atoms with E-state index in [4.69, 9.17) is 0 Å². The average molecular weight is 529 g/mol. The Morgan fingerprint density at radius 2 is 1.54 bits per heavy atom. The van der Waals surface area contributed by atoms with E-state index in [1.54, 1.807) is 32.1 Å². The molecular weight excluding hydrogens is 488 g/mol. The molecule has 0 spiro atoms. The Morgan fingerprint density at radius 1 is 0.974 bits per heavy atom. The summed E-state index contributed by atoms with van der Waals surface area (Å²) in [4.78, 5) is 30.9. The smallest absolute Gasteiger partial charge is 0.253 e. The van der Waals surface area contributed by atoms with Crippen LogP contribution >= 0.6 is 0 Å². The third-order valence-corrected chi connectivity index (χ3v) is 7.90. The molecule has 4 rings (SSSR count). The van der Waals surface area contributed by atoms with Crippen molar-refractivity contribution >= 4 is 17.5 Å². The van der Waals surface area contributed by atoms with E-state index in [0.717, 1.165) is 16.8 Å². The molecule has 39 heavy (non-hydrogen) atoms. The van der Waals surface area contributed by atoms with Gasteiger partial charge >= 0.3 is 0 Å². The first kappa shape index (κ1) is 28.3. The van der Waals surface area contributed by atoms with Crippen LogP contribution in [0.25, 0.3) is 0 Å². The van der Waals surface area contributed by atoms with Gasteiger partial charge in [-0.2, -0.15) is 0 Å². The summed E-state index contributed by atoms with van der Waals surface area (Å²) in [5, 5.41) is 17.2. The zero-order chi connectivity index (χ0) is 28.0. The molecule has 7 nitrogen and oxygen atoms in total. The number of aliphatic hydroxyl groups excluding tert-OH is 1. The molecule has 1 aliphatic heterocycles. The molecular formula is C32H40N4O3. The van der Waals surface area contributed by atoms with Gasteiger partial charge in [-0.05, 0) is 43.0 Å². The lowest BCUT2D eigenvalue weighted by atomic mass is 9.69. The van der Waals surface area contributed by atoms with Crippen molar-refractivity contribution in [3.63, 3.8) is 0 Å². The van der Waals surface area contributed by atoms with Crippen LogP contribution in [0.2, 0.25) is 0 Å². The Morgan fingerprint density at radius 3 is 2.08 bits per heavy atom. The van der Waals surface area contributed by atoms with Gasteiger partial charge in [0.25, 0.3) is 5.91 Å². The Labute approximate surface area is 231 Å². The monoisotopic (exact) mass is 528 g/mol. The fourth-order valence-corrected chi connectivity index (χ4v) is 5.81. The third-order valence-electron chi connectivity index (χ3n) is 7.90. The maximum atomic E-state index is 14.0. The number of β-amino-alcohol motifs (C(OH)–C–C–N with tert-alkyl or cyclic N) is 1. The van der Waals surface area contributed by atoms with Gasteiger partial charge in [0.2, 0.25) is 5.91 Å². The van der Waals surface area contributed by atoms with Gasteiger partial charge < -0.3 is 20.6 Å². The summed E-state index contributed by atoms with van der Waals surface area (Å²) in [7, 11) is 5.39. The van der Waals surface area contributed by atoms with Crippen LogP contribution in [0, 0.1) is 0 Å². The lowest BCUT2D eigenvalue weighted by Crippen LogP contribution is -2.57. The summed E-state index contributed by atoms with van der Waals surface area (Å²) in [6.07, 6.45) is 0.445. The van der Waals surface area contributed by atoms with Crippen LogP contribution in [0.1, 0.15) is 41.3 Å². The SMILES string of the molecule is CNc1ccccc1C(=O)N[C@H]1CCN(C(C)CC(C(=O)N(C)C)(c2ccccc2)c2ccccc2)C[C@@H]1O. The number of benzene rings is 3. The highest BCUT2D eigenvalue weighted by Gasteiger charge is 2.45. The molecule has 3 aromatic rings. The second kappa shape index (κ2) is 12.5. The predicted octanol–water partition coefficient (Wildman–Crippen LogP) is 3.75. The molecule has 1 saturated heterocycles. The van der Waals surface area contributed by atoms with Crippen LogP contribution in [0.4, 0.5) is 5.69 Å². The minimum Gasteiger partial charge on any atom is -0.390 e. The maximum Gasteiger partial charge on any atom is 0.253 e. The van der Waals surface area contributed by atoms with Crippen molar-refractivity contribution in [2.45, 2.75) is 43.4 Å². The molecule has 0 saturated carbocycles. The standard InChI is InChI=1S/C32H40N4O3/c1-23(36-20-19-28(29(37)22-36)34-30(38)26-17-11-12-18-27(26)33-2)21-32(31(39)35(3)4,24-13-7-5-8-14-24)25-15-9-6-10-16-25/h5-18,23,28-29,33,37H,19-22H2,1-4H3,(H,34,38)/t23?,28-,29-/m0/s1. The first-order valence-corrected chi connectivity index (χ1v) is 13.6. The van der Waals surface area contributed by atoms with Crippen molar-refractivity contribution in [1.82, 2.24) is 15.1 Å². The van der Waals surface area contributed by atoms with Gasteiger partial charge in [-0.25, -0.2) is 0 Å². The Hall–Kier alpha value is -3.68. The van der Waals surface area contributed by atoms with E-state index in [2.05, 4.69) is 22.5 Å². The minimum absolute atomic E-state index is 0.00867. The summed E-state index contributed by atoms with van der Waals surface area (Å²) < 4.78 is 0. The van der Waals surface area contributed by atoms with Gasteiger partial charge in [-0.1, -0.05) is 72.8 Å². The van der Waals surface area contributed by atoms with Crippen molar-refractivity contribution in [2.75, 3.05) is 39.5 Å². The first-order valence-electron chi connectivity index (χ1n) is 13.6. The molecule has 0 aliphatic carbocycles. The molecule has 1 heterocycles. The molecule has 1 fully saturated rings. The average Bonchev–Trinajstić information content (AvgIpc) is 2.97. The third kappa shape index (κ3) is 6.00. The van der Waals surface area contributed by atoms with Gasteiger partial charge in [0.05, 0.1) is 17.7 Å². The van der Waals surface area contributed by atoms with E-state index in [9.17, 15) is 14.7 Å². The summed E-state index contributed by atoms with van der Waals surface area (Å²) in [5.41, 5.74) is 2.33. The number of hydrogen-bond acceptors (Lipinski definition) is 5. The number of likely N-dealkylation sites (N-methyl/N-ethyl adjacent to an activating group) is 1. The predicted molar refractivity (Wildman–Crippen MR) is 156 cm³/mol. The lowest BCUT2D eigenvalue weighted by molar-refractivity contribution is -0.134. The number of nitrogens with zero attached hydrogens (tertiary/aromatic N) is 2. The molecule has 1 unspecified atom stereocenters. The fourth-order valence-electron chi connectivity index (χ4n) is 5.81. The largest absolute Gasteiger partial charge is 0.390 e. The van der Waals surface area contributed by atoms with Crippen LogP contribution in [-0.2, 0) is 10.2 Å². The zero-order valence-corrected chi connectivity index (χ0v) is 23.3. The number of amides is 2. The Balaban J connectivity index is 1.55. The van der Waals surface area contributed by atoms with Crippen LogP contribution in [-0.4, -0.2) is 79.1 Å². The van der Waals surface area contributed by atoms with Crippen molar-refractivity contribution in [3.8, 4) is 0 Å². The first-order chi connectivity index (χ1) is 18.8. The number of piperidine rings is 1. The summed E-state index contributed by atoms with van der Waals surface area (Å²) in [5.74, 6) is -0.174. The molecule has 7 heteroatoms. The van der Waals surface area contributed by atoms with Crippen molar-refractivity contribution in [1.29, 1.82) is 0 Å². The van der Waals surface area contributed by atoms with Crippen LogP contribution in [0.3, 0.4) is 0 Å².